The number of furan rings is 1. The molecule has 0 spiro atoms. The number of hydrogen-bond acceptors (Lipinski definition) is 4. The van der Waals surface area contributed by atoms with E-state index >= 15 is 0 Å². The number of carbonyl (C=O) groups excluding carboxylic acids is 1. The van der Waals surface area contributed by atoms with Crippen LogP contribution in [-0.4, -0.2) is 21.4 Å². The molecule has 0 radical (unpaired) electrons. The predicted octanol–water partition coefficient (Wildman–Crippen LogP) is 2.33. The molecule has 1 aromatic heterocycles. The summed E-state index contributed by atoms with van der Waals surface area (Å²) in [5.74, 6) is 0.179. The Balaban J connectivity index is 2.26. The minimum absolute atomic E-state index is 0.0463. The van der Waals surface area contributed by atoms with Crippen LogP contribution in [0.3, 0.4) is 0 Å². The van der Waals surface area contributed by atoms with Crippen molar-refractivity contribution in [3.8, 4) is 0 Å². The third kappa shape index (κ3) is 3.49. The summed E-state index contributed by atoms with van der Waals surface area (Å²) in [6, 6.07) is 7.18. The van der Waals surface area contributed by atoms with Crippen molar-refractivity contribution >= 4 is 27.5 Å². The van der Waals surface area contributed by atoms with E-state index in [0.29, 0.717) is 5.76 Å². The Morgan fingerprint density at radius 3 is 2.64 bits per heavy atom. The number of amides is 1. The molecule has 0 saturated heterocycles. The van der Waals surface area contributed by atoms with Crippen LogP contribution in [0.2, 0.25) is 5.02 Å². The molecule has 1 aromatic carbocycles. The van der Waals surface area contributed by atoms with Gasteiger partial charge in [-0.1, -0.05) is 11.6 Å². The molecule has 0 aliphatic carbocycles. The van der Waals surface area contributed by atoms with Crippen molar-refractivity contribution < 1.29 is 17.6 Å². The smallest absolute Gasteiger partial charge is 0.251 e. The summed E-state index contributed by atoms with van der Waals surface area (Å²) >= 11 is 5.89. The molecule has 0 fully saturated rings. The second-order valence-corrected chi connectivity index (χ2v) is 6.83. The van der Waals surface area contributed by atoms with E-state index in [1.807, 2.05) is 0 Å². The van der Waals surface area contributed by atoms with Gasteiger partial charge in [-0.2, -0.15) is 0 Å². The van der Waals surface area contributed by atoms with Crippen molar-refractivity contribution in [3.05, 3.63) is 52.9 Å². The SMILES string of the molecule is CNS(=O)(=O)c1cc(C(=O)N[C@@H](C)c2ccco2)ccc1Cl. The molecular weight excluding hydrogens is 328 g/mol. The van der Waals surface area contributed by atoms with Crippen molar-refractivity contribution in [1.29, 1.82) is 0 Å². The maximum absolute atomic E-state index is 12.2. The first-order valence-electron chi connectivity index (χ1n) is 6.42. The van der Waals surface area contributed by atoms with E-state index in [1.165, 1.54) is 31.5 Å². The summed E-state index contributed by atoms with van der Waals surface area (Å²) in [7, 11) is -2.46. The molecule has 1 heterocycles. The first-order chi connectivity index (χ1) is 10.3. The predicted molar refractivity (Wildman–Crippen MR) is 82.3 cm³/mol. The van der Waals surface area contributed by atoms with E-state index < -0.39 is 15.9 Å². The highest BCUT2D eigenvalue weighted by Crippen LogP contribution is 2.23. The van der Waals surface area contributed by atoms with Crippen molar-refractivity contribution in [1.82, 2.24) is 10.0 Å². The van der Waals surface area contributed by atoms with E-state index in [-0.39, 0.29) is 21.5 Å². The number of hydrogen-bond donors (Lipinski definition) is 2. The van der Waals surface area contributed by atoms with Gasteiger partial charge in [-0.05, 0) is 44.3 Å². The second kappa shape index (κ2) is 6.51. The van der Waals surface area contributed by atoms with Crippen molar-refractivity contribution in [3.63, 3.8) is 0 Å². The average Bonchev–Trinajstić information content (AvgIpc) is 3.01. The van der Waals surface area contributed by atoms with Gasteiger partial charge in [0.05, 0.1) is 17.3 Å². The van der Waals surface area contributed by atoms with Crippen LogP contribution < -0.4 is 10.0 Å². The minimum atomic E-state index is -3.74. The first kappa shape index (κ1) is 16.5. The van der Waals surface area contributed by atoms with Gasteiger partial charge in [0.15, 0.2) is 0 Å². The van der Waals surface area contributed by atoms with E-state index in [4.69, 9.17) is 16.0 Å². The second-order valence-electron chi connectivity index (χ2n) is 4.56. The molecule has 22 heavy (non-hydrogen) atoms. The van der Waals surface area contributed by atoms with Crippen LogP contribution in [0.25, 0.3) is 0 Å². The van der Waals surface area contributed by atoms with Crippen LogP contribution in [0.5, 0.6) is 0 Å². The van der Waals surface area contributed by atoms with Gasteiger partial charge < -0.3 is 9.73 Å². The number of halogens is 1. The molecule has 8 heteroatoms. The van der Waals surface area contributed by atoms with Crippen LogP contribution in [-0.2, 0) is 10.0 Å². The van der Waals surface area contributed by atoms with Crippen LogP contribution in [0.4, 0.5) is 0 Å². The summed E-state index contributed by atoms with van der Waals surface area (Å²) in [5, 5.41) is 2.77. The lowest BCUT2D eigenvalue weighted by molar-refractivity contribution is 0.0935. The summed E-state index contributed by atoms with van der Waals surface area (Å²) in [6.07, 6.45) is 1.51. The Bertz CT molecular complexity index is 772. The standard InChI is InChI=1S/C14H15ClN2O4S/c1-9(12-4-3-7-21-12)17-14(18)10-5-6-11(15)13(8-10)22(19,20)16-2/h3-9,16H,1-2H3,(H,17,18)/t9-/m0/s1. The van der Waals surface area contributed by atoms with E-state index in [2.05, 4.69) is 10.0 Å². The molecule has 2 rings (SSSR count). The Morgan fingerprint density at radius 2 is 2.05 bits per heavy atom. The fourth-order valence-corrected chi connectivity index (χ4v) is 3.10. The largest absolute Gasteiger partial charge is 0.467 e. The molecule has 0 saturated carbocycles. The van der Waals surface area contributed by atoms with Gasteiger partial charge in [0, 0.05) is 5.56 Å². The van der Waals surface area contributed by atoms with Crippen molar-refractivity contribution in [2.24, 2.45) is 0 Å². The molecule has 0 aliphatic heterocycles. The first-order valence-corrected chi connectivity index (χ1v) is 8.28. The Labute approximate surface area is 133 Å². The maximum atomic E-state index is 12.2. The third-order valence-corrected chi connectivity index (χ3v) is 4.97. The van der Waals surface area contributed by atoms with Gasteiger partial charge in [0.25, 0.3) is 5.91 Å². The lowest BCUT2D eigenvalue weighted by Gasteiger charge is -2.12. The average molecular weight is 343 g/mol. The van der Waals surface area contributed by atoms with Gasteiger partial charge in [-0.25, -0.2) is 13.1 Å². The Kier molecular flexibility index (Phi) is 4.90. The lowest BCUT2D eigenvalue weighted by atomic mass is 10.2. The van der Waals surface area contributed by atoms with E-state index in [0.717, 1.165) is 0 Å². The van der Waals surface area contributed by atoms with Gasteiger partial charge >= 0.3 is 0 Å². The highest BCUT2D eigenvalue weighted by Gasteiger charge is 2.20. The van der Waals surface area contributed by atoms with Crippen LogP contribution in [0, 0.1) is 0 Å². The molecule has 6 nitrogen and oxygen atoms in total. The quantitative estimate of drug-likeness (QED) is 0.872. The number of nitrogens with one attached hydrogen (secondary N) is 2. The van der Waals surface area contributed by atoms with Crippen LogP contribution >= 0.6 is 11.6 Å². The molecule has 2 aromatic rings. The zero-order chi connectivity index (χ0) is 16.3. The van der Waals surface area contributed by atoms with Gasteiger partial charge in [0.2, 0.25) is 10.0 Å². The molecule has 118 valence electrons. The van der Waals surface area contributed by atoms with Crippen LogP contribution in [0.15, 0.2) is 45.9 Å². The molecule has 0 aliphatic rings. The third-order valence-electron chi connectivity index (χ3n) is 3.07. The zero-order valence-corrected chi connectivity index (χ0v) is 13.5. The number of rotatable bonds is 5. The number of benzene rings is 1. The molecule has 1 atom stereocenters. The monoisotopic (exact) mass is 342 g/mol. The summed E-state index contributed by atoms with van der Waals surface area (Å²) in [5.41, 5.74) is 0.191. The summed E-state index contributed by atoms with van der Waals surface area (Å²) < 4.78 is 31.1. The van der Waals surface area contributed by atoms with Crippen LogP contribution in [0.1, 0.15) is 29.1 Å². The molecule has 0 unspecified atom stereocenters. The summed E-state index contributed by atoms with van der Waals surface area (Å²) in [6.45, 7) is 1.76. The Morgan fingerprint density at radius 1 is 1.32 bits per heavy atom. The van der Waals surface area contributed by atoms with Crippen molar-refractivity contribution in [2.75, 3.05) is 7.05 Å². The molecule has 1 amide bonds. The Hall–Kier alpha value is -1.83. The normalized spacial score (nSPS) is 12.9. The molecular formula is C14H15ClN2O4S. The van der Waals surface area contributed by atoms with E-state index in [1.54, 1.807) is 19.1 Å². The topological polar surface area (TPSA) is 88.4 Å². The number of carbonyl (C=O) groups is 1. The lowest BCUT2D eigenvalue weighted by Crippen LogP contribution is -2.27. The fourth-order valence-electron chi connectivity index (χ4n) is 1.85. The van der Waals surface area contributed by atoms with Gasteiger partial charge in [0.1, 0.15) is 10.7 Å². The zero-order valence-electron chi connectivity index (χ0n) is 12.0. The minimum Gasteiger partial charge on any atom is -0.467 e. The van der Waals surface area contributed by atoms with E-state index in [9.17, 15) is 13.2 Å². The fraction of sp³-hybridized carbons (Fsp3) is 0.214. The van der Waals surface area contributed by atoms with Gasteiger partial charge in [-0.3, -0.25) is 4.79 Å². The van der Waals surface area contributed by atoms with Gasteiger partial charge in [-0.15, -0.1) is 0 Å². The maximum Gasteiger partial charge on any atom is 0.251 e. The highest BCUT2D eigenvalue weighted by molar-refractivity contribution is 7.89. The number of sulfonamides is 1. The van der Waals surface area contributed by atoms with Crippen molar-refractivity contribution in [2.45, 2.75) is 17.9 Å². The highest BCUT2D eigenvalue weighted by atomic mass is 35.5. The molecule has 0 bridgehead atoms. The molecule has 2 N–H and O–H groups in total. The summed E-state index contributed by atoms with van der Waals surface area (Å²) in [4.78, 5) is 12.1.